The molecule has 2 nitrogen and oxygen atoms in total. The number of unbranched alkanes of at least 4 members (excludes halogenated alkanes) is 5. The van der Waals surface area contributed by atoms with Crippen LogP contribution in [0.4, 0.5) is 0 Å². The first-order chi connectivity index (χ1) is 9.07. The third-order valence-electron chi connectivity index (χ3n) is 3.47. The van der Waals surface area contributed by atoms with E-state index in [2.05, 4.69) is 20.4 Å². The van der Waals surface area contributed by atoms with Gasteiger partial charge < -0.3 is 4.74 Å². The summed E-state index contributed by atoms with van der Waals surface area (Å²) in [5, 5.41) is 0. The van der Waals surface area contributed by atoms with Crippen LogP contribution < -0.4 is 0 Å². The fourth-order valence-corrected chi connectivity index (χ4v) is 2.11. The molecule has 0 aromatic heterocycles. The molecule has 0 aliphatic rings. The average Bonchev–Trinajstić information content (AvgIpc) is 2.38. The molecule has 0 amide bonds. The molecule has 0 aromatic rings. The molecule has 0 heterocycles. The molecule has 0 saturated heterocycles. The maximum Gasteiger partial charge on any atom is 0.333 e. The number of hydrogen-bond acceptors (Lipinski definition) is 2. The van der Waals surface area contributed by atoms with Crippen LogP contribution in [0.3, 0.4) is 0 Å². The van der Waals surface area contributed by atoms with E-state index >= 15 is 0 Å². The first kappa shape index (κ1) is 18.2. The van der Waals surface area contributed by atoms with Crippen molar-refractivity contribution in [2.24, 2.45) is 5.92 Å². The predicted molar refractivity (Wildman–Crippen MR) is 82.2 cm³/mol. The van der Waals surface area contributed by atoms with Crippen LogP contribution in [0.15, 0.2) is 12.2 Å². The molecule has 0 fully saturated rings. The zero-order valence-electron chi connectivity index (χ0n) is 13.2. The van der Waals surface area contributed by atoms with E-state index in [9.17, 15) is 4.79 Å². The van der Waals surface area contributed by atoms with E-state index in [1.165, 1.54) is 44.9 Å². The summed E-state index contributed by atoms with van der Waals surface area (Å²) in [6, 6.07) is 0. The summed E-state index contributed by atoms with van der Waals surface area (Å²) in [5.74, 6) is 0.626. The molecule has 0 saturated carbocycles. The third kappa shape index (κ3) is 12.0. The standard InChI is InChI=1S/C17H32O2/c1-5-6-12-16(4)13-10-8-7-9-11-14-19-17(18)15(2)3/h16H,2,5-14H2,1,3-4H3. The predicted octanol–water partition coefficient (Wildman–Crippen LogP) is 5.27. The summed E-state index contributed by atoms with van der Waals surface area (Å²) < 4.78 is 5.05. The van der Waals surface area contributed by atoms with Crippen molar-refractivity contribution in [3.05, 3.63) is 12.2 Å². The molecule has 1 unspecified atom stereocenters. The fraction of sp³-hybridized carbons (Fsp3) is 0.824. The van der Waals surface area contributed by atoms with Gasteiger partial charge in [0.25, 0.3) is 0 Å². The first-order valence-electron chi connectivity index (χ1n) is 7.90. The normalized spacial score (nSPS) is 12.2. The number of rotatable bonds is 12. The van der Waals surface area contributed by atoms with Crippen molar-refractivity contribution in [3.8, 4) is 0 Å². The number of hydrogen-bond donors (Lipinski definition) is 0. The van der Waals surface area contributed by atoms with Gasteiger partial charge in [0, 0.05) is 5.57 Å². The lowest BCUT2D eigenvalue weighted by Crippen LogP contribution is -2.06. The minimum atomic E-state index is -0.259. The van der Waals surface area contributed by atoms with Crippen LogP contribution in [-0.4, -0.2) is 12.6 Å². The SMILES string of the molecule is C=C(C)C(=O)OCCCCCCCC(C)CCCC. The summed E-state index contributed by atoms with van der Waals surface area (Å²) in [5.41, 5.74) is 0.487. The Balaban J connectivity index is 3.23. The van der Waals surface area contributed by atoms with Crippen molar-refractivity contribution in [3.63, 3.8) is 0 Å². The van der Waals surface area contributed by atoms with Crippen LogP contribution in [0.5, 0.6) is 0 Å². The Labute approximate surface area is 119 Å². The Kier molecular flexibility index (Phi) is 11.7. The van der Waals surface area contributed by atoms with Gasteiger partial charge in [0.15, 0.2) is 0 Å². The molecule has 0 aliphatic heterocycles. The van der Waals surface area contributed by atoms with Crippen molar-refractivity contribution in [2.75, 3.05) is 6.61 Å². The summed E-state index contributed by atoms with van der Waals surface area (Å²) in [4.78, 5) is 11.1. The van der Waals surface area contributed by atoms with E-state index < -0.39 is 0 Å². The lowest BCUT2D eigenvalue weighted by molar-refractivity contribution is -0.139. The molecule has 0 bridgehead atoms. The largest absolute Gasteiger partial charge is 0.462 e. The van der Waals surface area contributed by atoms with E-state index in [0.29, 0.717) is 12.2 Å². The van der Waals surface area contributed by atoms with Crippen molar-refractivity contribution >= 4 is 5.97 Å². The van der Waals surface area contributed by atoms with Crippen LogP contribution in [0.25, 0.3) is 0 Å². The van der Waals surface area contributed by atoms with Gasteiger partial charge in [0.05, 0.1) is 6.61 Å². The lowest BCUT2D eigenvalue weighted by Gasteiger charge is -2.10. The second kappa shape index (κ2) is 12.3. The highest BCUT2D eigenvalue weighted by atomic mass is 16.5. The second-order valence-electron chi connectivity index (χ2n) is 5.72. The van der Waals surface area contributed by atoms with Crippen molar-refractivity contribution in [1.82, 2.24) is 0 Å². The van der Waals surface area contributed by atoms with Crippen LogP contribution in [0, 0.1) is 5.92 Å². The molecule has 0 aromatic carbocycles. The van der Waals surface area contributed by atoms with E-state index in [-0.39, 0.29) is 5.97 Å². The van der Waals surface area contributed by atoms with Gasteiger partial charge in [-0.2, -0.15) is 0 Å². The summed E-state index contributed by atoms with van der Waals surface area (Å²) in [7, 11) is 0. The monoisotopic (exact) mass is 268 g/mol. The Morgan fingerprint density at radius 2 is 1.63 bits per heavy atom. The molecular formula is C17H32O2. The van der Waals surface area contributed by atoms with Gasteiger partial charge in [-0.25, -0.2) is 4.79 Å². The van der Waals surface area contributed by atoms with Crippen molar-refractivity contribution < 1.29 is 9.53 Å². The van der Waals surface area contributed by atoms with Gasteiger partial charge in [-0.15, -0.1) is 0 Å². The van der Waals surface area contributed by atoms with E-state index in [1.807, 2.05) is 0 Å². The Morgan fingerprint density at radius 3 is 2.26 bits per heavy atom. The smallest absolute Gasteiger partial charge is 0.333 e. The van der Waals surface area contributed by atoms with E-state index in [1.54, 1.807) is 6.92 Å². The quantitative estimate of drug-likeness (QED) is 0.274. The van der Waals surface area contributed by atoms with Crippen LogP contribution >= 0.6 is 0 Å². The van der Waals surface area contributed by atoms with E-state index in [0.717, 1.165) is 18.8 Å². The highest BCUT2D eigenvalue weighted by molar-refractivity contribution is 5.86. The van der Waals surface area contributed by atoms with Crippen LogP contribution in [0.2, 0.25) is 0 Å². The lowest BCUT2D eigenvalue weighted by atomic mass is 9.97. The van der Waals surface area contributed by atoms with Gasteiger partial charge in [0.2, 0.25) is 0 Å². The number of esters is 1. The third-order valence-corrected chi connectivity index (χ3v) is 3.47. The minimum absolute atomic E-state index is 0.259. The maximum atomic E-state index is 11.1. The Morgan fingerprint density at radius 1 is 1.05 bits per heavy atom. The zero-order valence-corrected chi connectivity index (χ0v) is 13.2. The zero-order chi connectivity index (χ0) is 14.5. The second-order valence-corrected chi connectivity index (χ2v) is 5.72. The molecule has 2 heteroatoms. The molecule has 19 heavy (non-hydrogen) atoms. The molecule has 0 rings (SSSR count). The summed E-state index contributed by atoms with van der Waals surface area (Å²) >= 11 is 0. The molecule has 112 valence electrons. The number of ether oxygens (including phenoxy) is 1. The summed E-state index contributed by atoms with van der Waals surface area (Å²) in [6.45, 7) is 10.4. The van der Waals surface area contributed by atoms with Crippen molar-refractivity contribution in [1.29, 1.82) is 0 Å². The Bertz CT molecular complexity index is 246. The Hall–Kier alpha value is -0.790. The van der Waals surface area contributed by atoms with Crippen LogP contribution in [-0.2, 0) is 9.53 Å². The van der Waals surface area contributed by atoms with Gasteiger partial charge in [0.1, 0.15) is 0 Å². The number of carbonyl (C=O) groups excluding carboxylic acids is 1. The van der Waals surface area contributed by atoms with Gasteiger partial charge in [-0.3, -0.25) is 0 Å². The molecule has 0 aliphatic carbocycles. The molecule has 0 N–H and O–H groups in total. The van der Waals surface area contributed by atoms with Crippen molar-refractivity contribution in [2.45, 2.75) is 78.6 Å². The van der Waals surface area contributed by atoms with Gasteiger partial charge in [-0.1, -0.05) is 71.8 Å². The highest BCUT2D eigenvalue weighted by Crippen LogP contribution is 2.16. The minimum Gasteiger partial charge on any atom is -0.462 e. The fourth-order valence-electron chi connectivity index (χ4n) is 2.11. The molecule has 1 atom stereocenters. The van der Waals surface area contributed by atoms with Gasteiger partial charge >= 0.3 is 5.97 Å². The van der Waals surface area contributed by atoms with Crippen LogP contribution in [0.1, 0.15) is 78.6 Å². The highest BCUT2D eigenvalue weighted by Gasteiger charge is 2.03. The number of carbonyl (C=O) groups is 1. The summed E-state index contributed by atoms with van der Waals surface area (Å²) in [6.07, 6.45) is 11.5. The molecular weight excluding hydrogens is 236 g/mol. The maximum absolute atomic E-state index is 11.1. The van der Waals surface area contributed by atoms with Gasteiger partial charge in [-0.05, 0) is 19.3 Å². The van der Waals surface area contributed by atoms with E-state index in [4.69, 9.17) is 4.74 Å². The first-order valence-corrected chi connectivity index (χ1v) is 7.90. The molecule has 0 radical (unpaired) electrons. The topological polar surface area (TPSA) is 26.3 Å². The average molecular weight is 268 g/mol. The molecule has 0 spiro atoms.